The van der Waals surface area contributed by atoms with Crippen molar-refractivity contribution in [1.29, 1.82) is 0 Å². The number of nitrogens with zero attached hydrogens (tertiary/aromatic N) is 2. The summed E-state index contributed by atoms with van der Waals surface area (Å²) < 4.78 is 2.89. The van der Waals surface area contributed by atoms with Crippen molar-refractivity contribution in [3.63, 3.8) is 0 Å². The number of hydrogen-bond acceptors (Lipinski definition) is 2. The van der Waals surface area contributed by atoms with Gasteiger partial charge in [0.2, 0.25) is 0 Å². The van der Waals surface area contributed by atoms with E-state index in [1.165, 1.54) is 0 Å². The number of aliphatic hydroxyl groups is 1. The van der Waals surface area contributed by atoms with Crippen molar-refractivity contribution in [1.82, 2.24) is 9.78 Å². The quantitative estimate of drug-likeness (QED) is 0.906. The van der Waals surface area contributed by atoms with Crippen molar-refractivity contribution < 1.29 is 5.11 Å². The highest BCUT2D eigenvalue weighted by molar-refractivity contribution is 9.10. The third-order valence-corrected chi connectivity index (χ3v) is 3.57. The molecule has 0 aliphatic rings. The minimum Gasteiger partial charge on any atom is -0.391 e. The van der Waals surface area contributed by atoms with E-state index in [2.05, 4.69) is 21.0 Å². The Hall–Kier alpha value is -0.350. The number of aryl methyl sites for hydroxylation is 1. The Labute approximate surface area is 93.3 Å². The van der Waals surface area contributed by atoms with Gasteiger partial charge >= 0.3 is 0 Å². The number of aliphatic hydroxyl groups excluding tert-OH is 1. The fourth-order valence-electron chi connectivity index (χ4n) is 1.24. The van der Waals surface area contributed by atoms with Gasteiger partial charge in [0, 0.05) is 5.69 Å². The summed E-state index contributed by atoms with van der Waals surface area (Å²) in [5.41, 5.74) is 2.04. The van der Waals surface area contributed by atoms with Gasteiger partial charge in [-0.05, 0) is 35.7 Å². The van der Waals surface area contributed by atoms with E-state index in [4.69, 9.17) is 0 Å². The van der Waals surface area contributed by atoms with Crippen molar-refractivity contribution in [2.75, 3.05) is 0 Å². The molecule has 4 heteroatoms. The van der Waals surface area contributed by atoms with E-state index in [0.29, 0.717) is 6.54 Å². The molecule has 0 aromatic carbocycles. The van der Waals surface area contributed by atoms with Gasteiger partial charge in [-0.15, -0.1) is 0 Å². The molecule has 1 rings (SSSR count). The van der Waals surface area contributed by atoms with Crippen molar-refractivity contribution in [3.8, 4) is 0 Å². The van der Waals surface area contributed by atoms with Crippen LogP contribution in [0.15, 0.2) is 4.47 Å². The van der Waals surface area contributed by atoms with Crippen LogP contribution in [-0.2, 0) is 6.54 Å². The van der Waals surface area contributed by atoms with E-state index in [-0.39, 0.29) is 12.0 Å². The molecule has 1 heterocycles. The lowest BCUT2D eigenvalue weighted by molar-refractivity contribution is 0.102. The molecule has 80 valence electrons. The summed E-state index contributed by atoms with van der Waals surface area (Å²) in [6, 6.07) is 0. The first kappa shape index (κ1) is 11.7. The van der Waals surface area contributed by atoms with Crippen LogP contribution in [0, 0.1) is 19.8 Å². The molecule has 0 spiro atoms. The second kappa shape index (κ2) is 4.45. The smallest absolute Gasteiger partial charge is 0.0759 e. The fourth-order valence-corrected chi connectivity index (χ4v) is 1.52. The first-order valence-corrected chi connectivity index (χ1v) is 5.60. The highest BCUT2D eigenvalue weighted by atomic mass is 79.9. The minimum absolute atomic E-state index is 0.262. The summed E-state index contributed by atoms with van der Waals surface area (Å²) in [6.07, 6.45) is -0.333. The highest BCUT2D eigenvalue weighted by Gasteiger charge is 2.14. The molecule has 0 saturated heterocycles. The Kier molecular flexibility index (Phi) is 3.72. The van der Waals surface area contributed by atoms with Crippen molar-refractivity contribution >= 4 is 15.9 Å². The highest BCUT2D eigenvalue weighted by Crippen LogP contribution is 2.20. The van der Waals surface area contributed by atoms with Crippen LogP contribution >= 0.6 is 15.9 Å². The second-order valence-electron chi connectivity index (χ2n) is 3.98. The summed E-state index contributed by atoms with van der Waals surface area (Å²) in [5, 5.41) is 14.1. The van der Waals surface area contributed by atoms with Gasteiger partial charge in [0.25, 0.3) is 0 Å². The summed E-state index contributed by atoms with van der Waals surface area (Å²) >= 11 is 3.46. The maximum absolute atomic E-state index is 9.73. The van der Waals surface area contributed by atoms with Crippen LogP contribution in [0.25, 0.3) is 0 Å². The Morgan fingerprint density at radius 3 is 2.36 bits per heavy atom. The summed E-state index contributed by atoms with van der Waals surface area (Å²) in [4.78, 5) is 0. The molecule has 1 atom stereocenters. The van der Waals surface area contributed by atoms with Crippen LogP contribution in [0.4, 0.5) is 0 Å². The monoisotopic (exact) mass is 260 g/mol. The molecule has 1 unspecified atom stereocenters. The molecule has 0 aliphatic heterocycles. The predicted octanol–water partition coefficient (Wildman–Crippen LogP) is 2.28. The first-order chi connectivity index (χ1) is 6.43. The number of halogens is 1. The van der Waals surface area contributed by atoms with Gasteiger partial charge in [-0.25, -0.2) is 0 Å². The molecular weight excluding hydrogens is 244 g/mol. The van der Waals surface area contributed by atoms with Crippen LogP contribution in [0.5, 0.6) is 0 Å². The topological polar surface area (TPSA) is 38.0 Å². The zero-order chi connectivity index (χ0) is 10.9. The number of hydrogen-bond donors (Lipinski definition) is 1. The van der Waals surface area contributed by atoms with Crippen LogP contribution in [0.3, 0.4) is 0 Å². The maximum Gasteiger partial charge on any atom is 0.0759 e. The number of aromatic nitrogens is 2. The fraction of sp³-hybridized carbons (Fsp3) is 0.700. The standard InChI is InChI=1S/C10H17BrN2O/c1-6(2)9(14)5-13-8(4)10(11)7(3)12-13/h6,9,14H,5H2,1-4H3. The van der Waals surface area contributed by atoms with Crippen molar-refractivity contribution in [3.05, 3.63) is 15.9 Å². The van der Waals surface area contributed by atoms with Gasteiger partial charge in [0.05, 0.1) is 22.8 Å². The van der Waals surface area contributed by atoms with Crippen molar-refractivity contribution in [2.24, 2.45) is 5.92 Å². The van der Waals surface area contributed by atoms with Gasteiger partial charge in [-0.1, -0.05) is 13.8 Å². The zero-order valence-corrected chi connectivity index (χ0v) is 10.7. The SMILES string of the molecule is Cc1nn(CC(O)C(C)C)c(C)c1Br. The summed E-state index contributed by atoms with van der Waals surface area (Å²) in [6.45, 7) is 8.53. The van der Waals surface area contributed by atoms with Crippen LogP contribution in [0.2, 0.25) is 0 Å². The first-order valence-electron chi connectivity index (χ1n) is 4.81. The van der Waals surface area contributed by atoms with E-state index < -0.39 is 0 Å². The lowest BCUT2D eigenvalue weighted by Crippen LogP contribution is -2.23. The molecule has 0 radical (unpaired) electrons. The van der Waals surface area contributed by atoms with E-state index in [9.17, 15) is 5.11 Å². The molecule has 1 aromatic heterocycles. The van der Waals surface area contributed by atoms with Gasteiger partial charge in [0.15, 0.2) is 0 Å². The largest absolute Gasteiger partial charge is 0.391 e. The molecule has 14 heavy (non-hydrogen) atoms. The molecule has 1 N–H and O–H groups in total. The lowest BCUT2D eigenvalue weighted by atomic mass is 10.1. The Balaban J connectivity index is 2.82. The van der Waals surface area contributed by atoms with Gasteiger partial charge < -0.3 is 5.11 Å². The molecule has 0 fully saturated rings. The Bertz CT molecular complexity index is 320. The summed E-state index contributed by atoms with van der Waals surface area (Å²) in [5.74, 6) is 0.262. The van der Waals surface area contributed by atoms with Crippen LogP contribution in [0.1, 0.15) is 25.2 Å². The normalized spacial score (nSPS) is 13.6. The van der Waals surface area contributed by atoms with Gasteiger partial charge in [0.1, 0.15) is 0 Å². The van der Waals surface area contributed by atoms with E-state index in [0.717, 1.165) is 15.9 Å². The van der Waals surface area contributed by atoms with Gasteiger partial charge in [-0.3, -0.25) is 4.68 Å². The Morgan fingerprint density at radius 2 is 2.00 bits per heavy atom. The minimum atomic E-state index is -0.333. The van der Waals surface area contributed by atoms with Gasteiger partial charge in [-0.2, -0.15) is 5.10 Å². The second-order valence-corrected chi connectivity index (χ2v) is 4.77. The molecule has 0 aliphatic carbocycles. The summed E-state index contributed by atoms with van der Waals surface area (Å²) in [7, 11) is 0. The zero-order valence-electron chi connectivity index (χ0n) is 9.08. The van der Waals surface area contributed by atoms with Crippen LogP contribution in [-0.4, -0.2) is 21.0 Å². The predicted molar refractivity (Wildman–Crippen MR) is 60.2 cm³/mol. The maximum atomic E-state index is 9.73. The molecular formula is C10H17BrN2O. The Morgan fingerprint density at radius 1 is 1.43 bits per heavy atom. The molecule has 1 aromatic rings. The van der Waals surface area contributed by atoms with E-state index in [1.54, 1.807) is 0 Å². The van der Waals surface area contributed by atoms with E-state index >= 15 is 0 Å². The average Bonchev–Trinajstić information content (AvgIpc) is 2.33. The van der Waals surface area contributed by atoms with Crippen LogP contribution < -0.4 is 0 Å². The molecule has 0 bridgehead atoms. The lowest BCUT2D eigenvalue weighted by Gasteiger charge is -2.15. The third kappa shape index (κ3) is 2.36. The molecule has 0 amide bonds. The molecule has 3 nitrogen and oxygen atoms in total. The third-order valence-electron chi connectivity index (χ3n) is 2.42. The van der Waals surface area contributed by atoms with Crippen molar-refractivity contribution in [2.45, 2.75) is 40.3 Å². The average molecular weight is 261 g/mol. The number of rotatable bonds is 3. The molecule has 0 saturated carbocycles. The van der Waals surface area contributed by atoms with E-state index in [1.807, 2.05) is 32.4 Å².